The number of aryl methyl sites for hydroxylation is 1. The van der Waals surface area contributed by atoms with E-state index < -0.39 is 0 Å². The number of benzene rings is 1. The van der Waals surface area contributed by atoms with Gasteiger partial charge < -0.3 is 25.4 Å². The third-order valence-electron chi connectivity index (χ3n) is 6.05. The predicted octanol–water partition coefficient (Wildman–Crippen LogP) is 4.67. The van der Waals surface area contributed by atoms with Crippen LogP contribution < -0.4 is 20.3 Å². The van der Waals surface area contributed by atoms with Crippen LogP contribution >= 0.6 is 11.9 Å². The van der Waals surface area contributed by atoms with Crippen LogP contribution in [0, 0.1) is 12.8 Å². The van der Waals surface area contributed by atoms with Crippen molar-refractivity contribution in [3.8, 4) is 0 Å². The second kappa shape index (κ2) is 11.4. The van der Waals surface area contributed by atoms with Crippen molar-refractivity contribution in [1.29, 1.82) is 0 Å². The Hall–Kier alpha value is -2.71. The minimum absolute atomic E-state index is 0.118. The minimum Gasteiger partial charge on any atom is -0.395 e. The van der Waals surface area contributed by atoms with Crippen LogP contribution in [-0.2, 0) is 0 Å². The number of rotatable bonds is 4. The number of carbonyl (C=O) groups excluding carboxylic acids is 1. The van der Waals surface area contributed by atoms with Crippen LogP contribution in [0.15, 0.2) is 42.5 Å². The molecule has 0 aliphatic carbocycles. The number of aromatic nitrogens is 1. The summed E-state index contributed by atoms with van der Waals surface area (Å²) in [6.45, 7) is 4.80. The van der Waals surface area contributed by atoms with Gasteiger partial charge in [0.05, 0.1) is 17.9 Å². The number of aliphatic hydroxyl groups is 1. The van der Waals surface area contributed by atoms with Gasteiger partial charge in [0.1, 0.15) is 11.6 Å². The normalized spacial score (nSPS) is 18.1. The van der Waals surface area contributed by atoms with E-state index in [0.717, 1.165) is 68.1 Å². The number of anilines is 4. The summed E-state index contributed by atoms with van der Waals surface area (Å²) < 4.78 is 3.28. The highest BCUT2D eigenvalue weighted by molar-refractivity contribution is 8.00. The maximum absolute atomic E-state index is 13.3. The Morgan fingerprint density at radius 2 is 2.00 bits per heavy atom. The van der Waals surface area contributed by atoms with Gasteiger partial charge in [-0.15, -0.1) is 0 Å². The van der Waals surface area contributed by atoms with E-state index in [1.54, 1.807) is 0 Å². The Bertz CT molecular complexity index is 989. The summed E-state index contributed by atoms with van der Waals surface area (Å²) in [5.74, 6) is 2.45. The summed E-state index contributed by atoms with van der Waals surface area (Å²) in [6, 6.07) is 9.73. The van der Waals surface area contributed by atoms with Crippen LogP contribution in [0.2, 0.25) is 0 Å². The molecule has 33 heavy (non-hydrogen) atoms. The van der Waals surface area contributed by atoms with Gasteiger partial charge in [0.15, 0.2) is 0 Å². The number of hydrogen-bond acceptors (Lipinski definition) is 7. The van der Waals surface area contributed by atoms with Crippen molar-refractivity contribution in [3.63, 3.8) is 0 Å². The van der Waals surface area contributed by atoms with E-state index in [4.69, 9.17) is 5.11 Å². The van der Waals surface area contributed by atoms with Gasteiger partial charge in [-0.25, -0.2) is 4.98 Å². The van der Waals surface area contributed by atoms with Crippen LogP contribution in [-0.4, -0.2) is 48.0 Å². The molecule has 4 N–H and O–H groups in total. The SMILES string of the molecule is Cc1cc2nc(c1)NC(=O)c1ccc(NSCCO)cc1N1CCC(C/C=C/CCN2)CC1. The van der Waals surface area contributed by atoms with Gasteiger partial charge in [-0.1, -0.05) is 24.1 Å². The van der Waals surface area contributed by atoms with Gasteiger partial charge in [-0.2, -0.15) is 0 Å². The molecule has 3 aliphatic heterocycles. The van der Waals surface area contributed by atoms with Gasteiger partial charge in [0, 0.05) is 31.1 Å². The number of nitrogens with zero attached hydrogens (tertiary/aromatic N) is 2. The predicted molar refractivity (Wildman–Crippen MR) is 138 cm³/mol. The fourth-order valence-corrected chi connectivity index (χ4v) is 4.82. The molecule has 8 heteroatoms. The van der Waals surface area contributed by atoms with E-state index >= 15 is 0 Å². The molecular formula is C25H33N5O2S. The van der Waals surface area contributed by atoms with Crippen LogP contribution in [0.25, 0.3) is 0 Å². The highest BCUT2D eigenvalue weighted by Gasteiger charge is 2.23. The molecule has 3 aliphatic rings. The second-order valence-electron chi connectivity index (χ2n) is 8.63. The van der Waals surface area contributed by atoms with E-state index in [9.17, 15) is 4.79 Å². The molecular weight excluding hydrogens is 434 g/mol. The molecule has 4 heterocycles. The summed E-state index contributed by atoms with van der Waals surface area (Å²) >= 11 is 1.46. The molecule has 176 valence electrons. The molecule has 5 rings (SSSR count). The van der Waals surface area contributed by atoms with Gasteiger partial charge in [0.2, 0.25) is 0 Å². The number of aliphatic hydroxyl groups excluding tert-OH is 1. The van der Waals surface area contributed by atoms with Crippen LogP contribution in [0.1, 0.15) is 41.6 Å². The Morgan fingerprint density at radius 1 is 1.18 bits per heavy atom. The quantitative estimate of drug-likeness (QED) is 0.295. The number of piperidine rings is 1. The van der Waals surface area contributed by atoms with E-state index in [2.05, 4.69) is 37.4 Å². The van der Waals surface area contributed by atoms with Crippen molar-refractivity contribution in [3.05, 3.63) is 53.6 Å². The third-order valence-corrected chi connectivity index (χ3v) is 6.81. The highest BCUT2D eigenvalue weighted by Crippen LogP contribution is 2.32. The zero-order valence-electron chi connectivity index (χ0n) is 19.1. The number of pyridine rings is 1. The van der Waals surface area contributed by atoms with Gasteiger partial charge in [0.25, 0.3) is 5.91 Å². The molecule has 1 aromatic carbocycles. The van der Waals surface area contributed by atoms with Gasteiger partial charge >= 0.3 is 0 Å². The molecule has 0 atom stereocenters. The molecule has 0 radical (unpaired) electrons. The van der Waals surface area contributed by atoms with Crippen molar-refractivity contribution < 1.29 is 9.90 Å². The summed E-state index contributed by atoms with van der Waals surface area (Å²) in [6.07, 6.45) is 8.85. The first-order chi connectivity index (χ1) is 16.1. The molecule has 0 saturated carbocycles. The monoisotopic (exact) mass is 467 g/mol. The maximum Gasteiger partial charge on any atom is 0.258 e. The molecule has 1 aromatic heterocycles. The molecule has 0 spiro atoms. The molecule has 0 unspecified atom stereocenters. The van der Waals surface area contributed by atoms with Crippen molar-refractivity contribution in [1.82, 2.24) is 4.98 Å². The number of amides is 1. The molecule has 1 saturated heterocycles. The summed E-state index contributed by atoms with van der Waals surface area (Å²) in [5.41, 5.74) is 3.55. The first-order valence-electron chi connectivity index (χ1n) is 11.7. The summed E-state index contributed by atoms with van der Waals surface area (Å²) in [4.78, 5) is 20.3. The Morgan fingerprint density at radius 3 is 2.82 bits per heavy atom. The lowest BCUT2D eigenvalue weighted by molar-refractivity contribution is 0.102. The fourth-order valence-electron chi connectivity index (χ4n) is 4.33. The van der Waals surface area contributed by atoms with Crippen LogP contribution in [0.4, 0.5) is 23.0 Å². The first-order valence-corrected chi connectivity index (χ1v) is 12.7. The molecule has 2 aromatic rings. The number of carbonyl (C=O) groups is 1. The summed E-state index contributed by atoms with van der Waals surface area (Å²) in [7, 11) is 0. The molecule has 7 nitrogen and oxygen atoms in total. The Balaban J connectivity index is 1.65. The minimum atomic E-state index is -0.156. The Kier molecular flexibility index (Phi) is 8.12. The van der Waals surface area contributed by atoms with E-state index in [-0.39, 0.29) is 12.5 Å². The van der Waals surface area contributed by atoms with Gasteiger partial charge in [-0.05, 0) is 74.4 Å². The zero-order valence-corrected chi connectivity index (χ0v) is 20.0. The Labute approximate surface area is 200 Å². The number of hydrogen-bond donors (Lipinski definition) is 4. The highest BCUT2D eigenvalue weighted by atomic mass is 32.2. The average molecular weight is 468 g/mol. The molecule has 1 amide bonds. The topological polar surface area (TPSA) is 89.5 Å². The maximum atomic E-state index is 13.3. The fraction of sp³-hybridized carbons (Fsp3) is 0.440. The van der Waals surface area contributed by atoms with E-state index in [0.29, 0.717) is 23.1 Å². The average Bonchev–Trinajstić information content (AvgIpc) is 2.81. The number of nitrogens with one attached hydrogen (secondary N) is 3. The lowest BCUT2D eigenvalue weighted by Gasteiger charge is -2.34. The van der Waals surface area contributed by atoms with Crippen molar-refractivity contribution in [2.75, 3.05) is 52.2 Å². The lowest BCUT2D eigenvalue weighted by Crippen LogP contribution is -2.35. The zero-order chi connectivity index (χ0) is 23.0. The molecule has 1 fully saturated rings. The lowest BCUT2D eigenvalue weighted by atomic mass is 9.92. The van der Waals surface area contributed by atoms with Crippen molar-refractivity contribution in [2.45, 2.75) is 32.6 Å². The van der Waals surface area contributed by atoms with Crippen molar-refractivity contribution in [2.24, 2.45) is 5.92 Å². The number of allylic oxidation sites excluding steroid dienone is 1. The smallest absolute Gasteiger partial charge is 0.258 e. The standard InChI is InChI=1S/C25H33N5O2S/c1-18-15-23-26-10-4-2-3-5-19-8-11-30(12-9-19)22-17-20(29-33-14-13-31)6-7-21(22)25(32)28-24(16-18)27-23/h2-3,6-7,15-17,19,29,31H,4-5,8-14H2,1H3,(H2,26,27,28,32)/b3-2+. The van der Waals surface area contributed by atoms with Crippen LogP contribution in [0.3, 0.4) is 0 Å². The second-order valence-corrected chi connectivity index (χ2v) is 9.53. The third kappa shape index (κ3) is 6.42. The van der Waals surface area contributed by atoms with Crippen LogP contribution in [0.5, 0.6) is 0 Å². The summed E-state index contributed by atoms with van der Waals surface area (Å²) in [5, 5.41) is 15.5. The number of fused-ring (bicyclic) bond motifs is 7. The largest absolute Gasteiger partial charge is 0.395 e. The van der Waals surface area contributed by atoms with E-state index in [1.165, 1.54) is 11.9 Å². The van der Waals surface area contributed by atoms with Gasteiger partial charge in [-0.3, -0.25) is 4.79 Å². The first kappa shape index (κ1) is 23.4. The molecule has 4 bridgehead atoms. The van der Waals surface area contributed by atoms with Crippen molar-refractivity contribution >= 4 is 40.9 Å². The van der Waals surface area contributed by atoms with E-state index in [1.807, 2.05) is 37.3 Å².